The Balaban J connectivity index is 2.13. The molecule has 0 atom stereocenters. The lowest BCUT2D eigenvalue weighted by Gasteiger charge is -2.17. The van der Waals surface area contributed by atoms with Crippen LogP contribution in [0.3, 0.4) is 0 Å². The van der Waals surface area contributed by atoms with Crippen LogP contribution in [0.15, 0.2) is 34.7 Å². The summed E-state index contributed by atoms with van der Waals surface area (Å²) in [7, 11) is 1.79. The maximum absolute atomic E-state index is 12.4. The van der Waals surface area contributed by atoms with Crippen molar-refractivity contribution in [2.45, 2.75) is 26.9 Å². The number of rotatable bonds is 4. The number of amides is 1. The zero-order valence-electron chi connectivity index (χ0n) is 12.1. The minimum absolute atomic E-state index is 0.0301. The third kappa shape index (κ3) is 3.08. The number of furan rings is 1. The third-order valence-electron chi connectivity index (χ3n) is 3.26. The Labute approximate surface area is 119 Å². The highest BCUT2D eigenvalue weighted by atomic mass is 16.3. The molecule has 2 aromatic rings. The van der Waals surface area contributed by atoms with Crippen LogP contribution < -0.4 is 5.73 Å². The molecule has 4 heteroatoms. The van der Waals surface area contributed by atoms with E-state index in [1.165, 1.54) is 0 Å². The average molecular weight is 272 g/mol. The molecule has 2 N–H and O–H groups in total. The van der Waals surface area contributed by atoms with Crippen LogP contribution in [0.25, 0.3) is 0 Å². The summed E-state index contributed by atoms with van der Waals surface area (Å²) in [5, 5.41) is 0. The molecule has 0 aliphatic heterocycles. The van der Waals surface area contributed by atoms with E-state index in [1.54, 1.807) is 18.0 Å². The molecule has 0 saturated carbocycles. The zero-order valence-corrected chi connectivity index (χ0v) is 12.1. The first-order valence-electron chi connectivity index (χ1n) is 6.61. The Hall–Kier alpha value is -2.07. The molecule has 0 unspecified atom stereocenters. The summed E-state index contributed by atoms with van der Waals surface area (Å²) in [5.74, 6) is 1.39. The van der Waals surface area contributed by atoms with E-state index in [-0.39, 0.29) is 5.91 Å². The Bertz CT molecular complexity index is 617. The Morgan fingerprint density at radius 2 is 1.95 bits per heavy atom. The molecule has 0 saturated heterocycles. The predicted octanol–water partition coefficient (Wildman–Crippen LogP) is 2.63. The summed E-state index contributed by atoms with van der Waals surface area (Å²) in [6.07, 6.45) is 0. The number of hydrogen-bond acceptors (Lipinski definition) is 3. The number of hydrogen-bond donors (Lipinski definition) is 1. The van der Waals surface area contributed by atoms with Crippen LogP contribution in [0.4, 0.5) is 0 Å². The number of nitrogens with zero attached hydrogens (tertiary/aromatic N) is 1. The van der Waals surface area contributed by atoms with Crippen molar-refractivity contribution >= 4 is 5.91 Å². The Morgan fingerprint density at radius 1 is 1.25 bits per heavy atom. The van der Waals surface area contributed by atoms with Gasteiger partial charge in [-0.3, -0.25) is 4.79 Å². The predicted molar refractivity (Wildman–Crippen MR) is 78.3 cm³/mol. The van der Waals surface area contributed by atoms with Crippen molar-refractivity contribution in [3.8, 4) is 0 Å². The first-order chi connectivity index (χ1) is 9.51. The second kappa shape index (κ2) is 5.92. The SMILES string of the molecule is Cc1cc(C(=O)N(C)Cc2cccc(CN)c2)c(C)o1. The van der Waals surface area contributed by atoms with Crippen molar-refractivity contribution < 1.29 is 9.21 Å². The molecule has 0 spiro atoms. The van der Waals surface area contributed by atoms with Gasteiger partial charge in [-0.25, -0.2) is 0 Å². The van der Waals surface area contributed by atoms with E-state index in [9.17, 15) is 4.79 Å². The number of carbonyl (C=O) groups is 1. The van der Waals surface area contributed by atoms with Gasteiger partial charge >= 0.3 is 0 Å². The maximum atomic E-state index is 12.4. The smallest absolute Gasteiger partial charge is 0.257 e. The summed E-state index contributed by atoms with van der Waals surface area (Å²) in [4.78, 5) is 14.1. The fraction of sp³-hybridized carbons (Fsp3) is 0.312. The highest BCUT2D eigenvalue weighted by Crippen LogP contribution is 2.17. The number of carbonyl (C=O) groups excluding carboxylic acids is 1. The lowest BCUT2D eigenvalue weighted by Crippen LogP contribution is -2.26. The van der Waals surface area contributed by atoms with E-state index in [0.717, 1.165) is 16.9 Å². The molecular weight excluding hydrogens is 252 g/mol. The van der Waals surface area contributed by atoms with Crippen LogP contribution in [0.1, 0.15) is 33.0 Å². The zero-order chi connectivity index (χ0) is 14.7. The van der Waals surface area contributed by atoms with E-state index in [0.29, 0.717) is 24.4 Å². The number of aryl methyl sites for hydroxylation is 2. The van der Waals surface area contributed by atoms with Crippen molar-refractivity contribution in [1.29, 1.82) is 0 Å². The molecule has 20 heavy (non-hydrogen) atoms. The highest BCUT2D eigenvalue weighted by Gasteiger charge is 2.17. The topological polar surface area (TPSA) is 59.5 Å². The molecule has 1 heterocycles. The summed E-state index contributed by atoms with van der Waals surface area (Å²) >= 11 is 0. The molecule has 106 valence electrons. The highest BCUT2D eigenvalue weighted by molar-refractivity contribution is 5.95. The van der Waals surface area contributed by atoms with Gasteiger partial charge in [-0.15, -0.1) is 0 Å². The van der Waals surface area contributed by atoms with Gasteiger partial charge in [-0.1, -0.05) is 24.3 Å². The van der Waals surface area contributed by atoms with Gasteiger partial charge in [0.1, 0.15) is 11.5 Å². The maximum Gasteiger partial charge on any atom is 0.257 e. The van der Waals surface area contributed by atoms with Gasteiger partial charge in [0, 0.05) is 20.1 Å². The number of benzene rings is 1. The summed E-state index contributed by atoms with van der Waals surface area (Å²) in [5.41, 5.74) is 8.39. The average Bonchev–Trinajstić information content (AvgIpc) is 2.77. The number of nitrogens with two attached hydrogens (primary N) is 1. The normalized spacial score (nSPS) is 10.6. The molecule has 0 radical (unpaired) electrons. The standard InChI is InChI=1S/C16H20N2O2/c1-11-7-15(12(2)20-11)16(19)18(3)10-14-6-4-5-13(8-14)9-17/h4-8H,9-10,17H2,1-3H3. The third-order valence-corrected chi connectivity index (χ3v) is 3.26. The Morgan fingerprint density at radius 3 is 2.55 bits per heavy atom. The van der Waals surface area contributed by atoms with Gasteiger partial charge in [0.15, 0.2) is 0 Å². The summed E-state index contributed by atoms with van der Waals surface area (Å²) < 4.78 is 5.41. The van der Waals surface area contributed by atoms with Gasteiger partial charge in [-0.2, -0.15) is 0 Å². The van der Waals surface area contributed by atoms with Crippen LogP contribution >= 0.6 is 0 Å². The van der Waals surface area contributed by atoms with Crippen molar-refractivity contribution in [2.24, 2.45) is 5.73 Å². The molecule has 2 rings (SSSR count). The minimum Gasteiger partial charge on any atom is -0.466 e. The van der Waals surface area contributed by atoms with E-state index < -0.39 is 0 Å². The molecule has 0 fully saturated rings. The fourth-order valence-corrected chi connectivity index (χ4v) is 2.25. The monoisotopic (exact) mass is 272 g/mol. The first-order valence-corrected chi connectivity index (χ1v) is 6.61. The van der Waals surface area contributed by atoms with Crippen molar-refractivity contribution in [2.75, 3.05) is 7.05 Å². The lowest BCUT2D eigenvalue weighted by atomic mass is 10.1. The quantitative estimate of drug-likeness (QED) is 0.930. The van der Waals surface area contributed by atoms with Crippen LogP contribution in [-0.2, 0) is 13.1 Å². The van der Waals surface area contributed by atoms with Crippen LogP contribution in [0.5, 0.6) is 0 Å². The first kappa shape index (κ1) is 14.3. The van der Waals surface area contributed by atoms with E-state index in [1.807, 2.05) is 38.1 Å². The van der Waals surface area contributed by atoms with Crippen LogP contribution in [-0.4, -0.2) is 17.9 Å². The van der Waals surface area contributed by atoms with E-state index in [2.05, 4.69) is 0 Å². The fourth-order valence-electron chi connectivity index (χ4n) is 2.25. The van der Waals surface area contributed by atoms with Gasteiger partial charge in [-0.05, 0) is 31.0 Å². The molecule has 1 aromatic heterocycles. The van der Waals surface area contributed by atoms with E-state index >= 15 is 0 Å². The minimum atomic E-state index is -0.0301. The van der Waals surface area contributed by atoms with Gasteiger partial charge < -0.3 is 15.1 Å². The van der Waals surface area contributed by atoms with Crippen molar-refractivity contribution in [3.63, 3.8) is 0 Å². The molecule has 0 aliphatic rings. The Kier molecular flexibility index (Phi) is 4.25. The second-order valence-corrected chi connectivity index (χ2v) is 5.01. The van der Waals surface area contributed by atoms with Gasteiger partial charge in [0.05, 0.1) is 5.56 Å². The summed E-state index contributed by atoms with van der Waals surface area (Å²) in [6, 6.07) is 9.75. The summed E-state index contributed by atoms with van der Waals surface area (Å²) in [6.45, 7) is 4.71. The van der Waals surface area contributed by atoms with E-state index in [4.69, 9.17) is 10.2 Å². The second-order valence-electron chi connectivity index (χ2n) is 5.01. The molecule has 4 nitrogen and oxygen atoms in total. The van der Waals surface area contributed by atoms with Gasteiger partial charge in [0.25, 0.3) is 5.91 Å². The molecular formula is C16H20N2O2. The lowest BCUT2D eigenvalue weighted by molar-refractivity contribution is 0.0783. The van der Waals surface area contributed by atoms with Crippen LogP contribution in [0.2, 0.25) is 0 Å². The van der Waals surface area contributed by atoms with Crippen molar-refractivity contribution in [1.82, 2.24) is 4.90 Å². The largest absolute Gasteiger partial charge is 0.466 e. The van der Waals surface area contributed by atoms with Crippen LogP contribution in [0, 0.1) is 13.8 Å². The van der Waals surface area contributed by atoms with Gasteiger partial charge in [0.2, 0.25) is 0 Å². The molecule has 0 aliphatic carbocycles. The molecule has 1 amide bonds. The molecule has 0 bridgehead atoms. The van der Waals surface area contributed by atoms with Crippen molar-refractivity contribution in [3.05, 3.63) is 58.5 Å². The molecule has 1 aromatic carbocycles.